The predicted octanol–water partition coefficient (Wildman–Crippen LogP) is 1.86. The van der Waals surface area contributed by atoms with E-state index in [2.05, 4.69) is 16.0 Å². The number of benzene rings is 1. The SMILES string of the molecule is C[C@@H](Cc1ccco1)NC(=O)CC[C@H]1NC(=O)c2ccccc2NC1=O. The van der Waals surface area contributed by atoms with Crippen LogP contribution in [0.2, 0.25) is 0 Å². The van der Waals surface area contributed by atoms with Crippen LogP contribution < -0.4 is 16.0 Å². The maximum Gasteiger partial charge on any atom is 0.254 e. The fraction of sp³-hybridized carbons (Fsp3) is 0.316. The molecule has 0 unspecified atom stereocenters. The van der Waals surface area contributed by atoms with E-state index < -0.39 is 6.04 Å². The molecular formula is C19H21N3O4. The minimum absolute atomic E-state index is 0.0875. The molecule has 0 saturated carbocycles. The zero-order valence-electron chi connectivity index (χ0n) is 14.5. The van der Waals surface area contributed by atoms with E-state index >= 15 is 0 Å². The fourth-order valence-electron chi connectivity index (χ4n) is 2.92. The number of carbonyl (C=O) groups is 3. The highest BCUT2D eigenvalue weighted by Gasteiger charge is 2.27. The van der Waals surface area contributed by atoms with Crippen LogP contribution in [0.15, 0.2) is 47.1 Å². The Hall–Kier alpha value is -3.09. The Kier molecular flexibility index (Phi) is 5.36. The van der Waals surface area contributed by atoms with E-state index in [0.29, 0.717) is 17.7 Å². The quantitative estimate of drug-likeness (QED) is 0.736. The van der Waals surface area contributed by atoms with Crippen molar-refractivity contribution in [1.82, 2.24) is 10.6 Å². The average Bonchev–Trinajstić information content (AvgIpc) is 3.07. The smallest absolute Gasteiger partial charge is 0.254 e. The highest BCUT2D eigenvalue weighted by molar-refractivity contribution is 6.09. The number of anilines is 1. The summed E-state index contributed by atoms with van der Waals surface area (Å²) in [5.74, 6) is -0.0193. The van der Waals surface area contributed by atoms with Gasteiger partial charge in [-0.1, -0.05) is 12.1 Å². The topological polar surface area (TPSA) is 100 Å². The Labute approximate surface area is 151 Å². The molecule has 0 fully saturated rings. The lowest BCUT2D eigenvalue weighted by Gasteiger charge is -2.16. The summed E-state index contributed by atoms with van der Waals surface area (Å²) in [5.41, 5.74) is 0.897. The van der Waals surface area contributed by atoms with Gasteiger partial charge in [-0.25, -0.2) is 0 Å². The maximum absolute atomic E-state index is 12.3. The Morgan fingerprint density at radius 1 is 1.23 bits per heavy atom. The molecule has 1 aliphatic rings. The second-order valence-electron chi connectivity index (χ2n) is 6.35. The van der Waals surface area contributed by atoms with E-state index in [9.17, 15) is 14.4 Å². The molecule has 1 aromatic heterocycles. The van der Waals surface area contributed by atoms with Gasteiger partial charge in [0.25, 0.3) is 5.91 Å². The number of amides is 3. The number of nitrogens with one attached hydrogen (secondary N) is 3. The van der Waals surface area contributed by atoms with Crippen LogP contribution in [0.25, 0.3) is 0 Å². The van der Waals surface area contributed by atoms with Gasteiger partial charge in [-0.3, -0.25) is 14.4 Å². The minimum atomic E-state index is -0.749. The van der Waals surface area contributed by atoms with Crippen LogP contribution in [-0.4, -0.2) is 29.8 Å². The molecule has 3 amide bonds. The van der Waals surface area contributed by atoms with Gasteiger partial charge < -0.3 is 20.4 Å². The maximum atomic E-state index is 12.3. The number of hydrogen-bond acceptors (Lipinski definition) is 4. The van der Waals surface area contributed by atoms with Gasteiger partial charge in [0.15, 0.2) is 0 Å². The first-order valence-electron chi connectivity index (χ1n) is 8.55. The summed E-state index contributed by atoms with van der Waals surface area (Å²) in [4.78, 5) is 36.7. The van der Waals surface area contributed by atoms with Crippen LogP contribution in [-0.2, 0) is 16.0 Å². The van der Waals surface area contributed by atoms with Crippen LogP contribution in [0.5, 0.6) is 0 Å². The van der Waals surface area contributed by atoms with Crippen molar-refractivity contribution in [2.75, 3.05) is 5.32 Å². The molecule has 3 rings (SSSR count). The molecule has 3 N–H and O–H groups in total. The molecule has 7 heteroatoms. The Morgan fingerprint density at radius 3 is 2.81 bits per heavy atom. The minimum Gasteiger partial charge on any atom is -0.469 e. The van der Waals surface area contributed by atoms with Crippen molar-refractivity contribution in [1.29, 1.82) is 0 Å². The van der Waals surface area contributed by atoms with Gasteiger partial charge in [0.1, 0.15) is 11.8 Å². The number of rotatable bonds is 6. The number of furan rings is 1. The van der Waals surface area contributed by atoms with Gasteiger partial charge in [0.2, 0.25) is 11.8 Å². The molecule has 0 bridgehead atoms. The van der Waals surface area contributed by atoms with Gasteiger partial charge in [-0.2, -0.15) is 0 Å². The molecule has 136 valence electrons. The van der Waals surface area contributed by atoms with E-state index in [-0.39, 0.29) is 36.6 Å². The molecular weight excluding hydrogens is 334 g/mol. The van der Waals surface area contributed by atoms with E-state index in [1.54, 1.807) is 36.6 Å². The van der Waals surface area contributed by atoms with Crippen molar-refractivity contribution < 1.29 is 18.8 Å². The van der Waals surface area contributed by atoms with Crippen LogP contribution in [0.4, 0.5) is 5.69 Å². The van der Waals surface area contributed by atoms with E-state index in [1.165, 1.54) is 0 Å². The summed E-state index contributed by atoms with van der Waals surface area (Å²) >= 11 is 0. The largest absolute Gasteiger partial charge is 0.469 e. The Balaban J connectivity index is 1.52. The first kappa shape index (κ1) is 17.7. The van der Waals surface area contributed by atoms with Gasteiger partial charge >= 0.3 is 0 Å². The zero-order chi connectivity index (χ0) is 18.5. The number of para-hydroxylation sites is 1. The van der Waals surface area contributed by atoms with E-state index in [0.717, 1.165) is 5.76 Å². The number of hydrogen-bond donors (Lipinski definition) is 3. The second-order valence-corrected chi connectivity index (χ2v) is 6.35. The monoisotopic (exact) mass is 355 g/mol. The molecule has 0 saturated heterocycles. The Morgan fingerprint density at radius 2 is 2.04 bits per heavy atom. The lowest BCUT2D eigenvalue weighted by molar-refractivity contribution is -0.122. The van der Waals surface area contributed by atoms with Gasteiger partial charge in [0.05, 0.1) is 17.5 Å². The third-order valence-corrected chi connectivity index (χ3v) is 4.21. The summed E-state index contributed by atoms with van der Waals surface area (Å²) in [5, 5.41) is 8.29. The van der Waals surface area contributed by atoms with Crippen molar-refractivity contribution in [3.63, 3.8) is 0 Å². The van der Waals surface area contributed by atoms with Crippen molar-refractivity contribution in [3.8, 4) is 0 Å². The standard InChI is InChI=1S/C19H21N3O4/c1-12(11-13-5-4-10-26-13)20-17(23)9-8-16-19(25)21-15-7-3-2-6-14(15)18(24)22-16/h2-7,10,12,16H,8-9,11H2,1H3,(H,20,23)(H,21,25)(H,22,24)/t12-,16+/m0/s1. The summed E-state index contributed by atoms with van der Waals surface area (Å²) in [7, 11) is 0. The van der Waals surface area contributed by atoms with Crippen molar-refractivity contribution >= 4 is 23.4 Å². The van der Waals surface area contributed by atoms with Gasteiger partial charge in [-0.05, 0) is 37.6 Å². The normalized spacial score (nSPS) is 17.5. The highest BCUT2D eigenvalue weighted by atomic mass is 16.3. The van der Waals surface area contributed by atoms with Gasteiger partial charge in [0, 0.05) is 18.9 Å². The van der Waals surface area contributed by atoms with Crippen LogP contribution in [0.3, 0.4) is 0 Å². The van der Waals surface area contributed by atoms with Crippen LogP contribution in [0.1, 0.15) is 35.9 Å². The molecule has 7 nitrogen and oxygen atoms in total. The van der Waals surface area contributed by atoms with Crippen molar-refractivity contribution in [2.24, 2.45) is 0 Å². The Bertz CT molecular complexity index is 801. The van der Waals surface area contributed by atoms with Gasteiger partial charge in [-0.15, -0.1) is 0 Å². The molecule has 2 aromatic rings. The summed E-state index contributed by atoms with van der Waals surface area (Å²) in [6.07, 6.45) is 2.55. The lowest BCUT2D eigenvalue weighted by atomic mass is 10.1. The zero-order valence-corrected chi connectivity index (χ0v) is 14.5. The average molecular weight is 355 g/mol. The third kappa shape index (κ3) is 4.30. The van der Waals surface area contributed by atoms with Crippen LogP contribution in [0, 0.1) is 0 Å². The molecule has 2 heterocycles. The lowest BCUT2D eigenvalue weighted by Crippen LogP contribution is -2.42. The van der Waals surface area contributed by atoms with E-state index in [1.807, 2.05) is 13.0 Å². The summed E-state index contributed by atoms with van der Waals surface area (Å²) in [6.45, 7) is 1.89. The summed E-state index contributed by atoms with van der Waals surface area (Å²) < 4.78 is 5.26. The predicted molar refractivity (Wildman–Crippen MR) is 95.6 cm³/mol. The van der Waals surface area contributed by atoms with Crippen molar-refractivity contribution in [3.05, 3.63) is 54.0 Å². The molecule has 1 aliphatic heterocycles. The molecule has 2 atom stereocenters. The number of carbonyl (C=O) groups excluding carboxylic acids is 3. The van der Waals surface area contributed by atoms with E-state index in [4.69, 9.17) is 4.42 Å². The molecule has 1 aromatic carbocycles. The number of fused-ring (bicyclic) bond motifs is 1. The third-order valence-electron chi connectivity index (χ3n) is 4.21. The molecule has 0 aliphatic carbocycles. The van der Waals surface area contributed by atoms with Crippen molar-refractivity contribution in [2.45, 2.75) is 38.3 Å². The van der Waals surface area contributed by atoms with Crippen LogP contribution >= 0.6 is 0 Å². The molecule has 0 spiro atoms. The first-order valence-corrected chi connectivity index (χ1v) is 8.55. The molecule has 0 radical (unpaired) electrons. The fourth-order valence-corrected chi connectivity index (χ4v) is 2.92. The summed E-state index contributed by atoms with van der Waals surface area (Å²) in [6, 6.07) is 9.63. The highest BCUT2D eigenvalue weighted by Crippen LogP contribution is 2.19. The second kappa shape index (κ2) is 7.86. The first-order chi connectivity index (χ1) is 12.5. The molecule has 26 heavy (non-hydrogen) atoms.